The van der Waals surface area contributed by atoms with Crippen LogP contribution in [-0.4, -0.2) is 31.1 Å². The normalized spacial score (nSPS) is 13.4. The first-order valence-electron chi connectivity index (χ1n) is 12.9. The molecule has 0 spiro atoms. The number of pyridine rings is 2. The molecule has 0 aliphatic heterocycles. The number of anilines is 1. The molecule has 1 amide bonds. The van der Waals surface area contributed by atoms with E-state index in [1.807, 2.05) is 45.1 Å². The molecule has 1 aromatic carbocycles. The van der Waals surface area contributed by atoms with Crippen LogP contribution in [0.25, 0.3) is 39.1 Å². The second-order valence-electron chi connectivity index (χ2n) is 10.9. The summed E-state index contributed by atoms with van der Waals surface area (Å²) < 4.78 is 13.6. The average molecular weight is 534 g/mol. The molecule has 4 heterocycles. The summed E-state index contributed by atoms with van der Waals surface area (Å²) in [5.74, 6) is -0.374. The van der Waals surface area contributed by atoms with Crippen molar-refractivity contribution >= 4 is 28.2 Å². The van der Waals surface area contributed by atoms with Gasteiger partial charge in [0.2, 0.25) is 5.91 Å². The number of nitrogens with zero attached hydrogens (tertiary/aromatic N) is 3. The molecule has 9 heteroatoms. The van der Waals surface area contributed by atoms with Gasteiger partial charge < -0.3 is 16.0 Å². The molecule has 5 N–H and O–H groups in total. The smallest absolute Gasteiger partial charge is 0.229 e. The minimum absolute atomic E-state index is 0.0896. The Morgan fingerprint density at radius 2 is 1.77 bits per heavy atom. The predicted octanol–water partition coefficient (Wildman–Crippen LogP) is 5.97. The van der Waals surface area contributed by atoms with E-state index in [0.717, 1.165) is 56.0 Å². The van der Waals surface area contributed by atoms with E-state index in [1.165, 1.54) is 12.1 Å². The number of nitrogens with two attached hydrogens (primary N) is 1. The Hall–Kier alpha value is -5.05. The van der Waals surface area contributed by atoms with Gasteiger partial charge in [0.15, 0.2) is 5.65 Å². The van der Waals surface area contributed by atoms with E-state index in [9.17, 15) is 9.18 Å². The number of aromatic amines is 2. The summed E-state index contributed by atoms with van der Waals surface area (Å²) in [5, 5.41) is 11.3. The molecule has 40 heavy (non-hydrogen) atoms. The second kappa shape index (κ2) is 9.60. The largest absolute Gasteiger partial charge is 0.402 e. The van der Waals surface area contributed by atoms with Crippen molar-refractivity contribution in [3.8, 4) is 22.5 Å². The average Bonchev–Trinajstić information content (AvgIpc) is 3.49. The molecule has 8 nitrogen and oxygen atoms in total. The molecular formula is C31H28FN7O. The highest BCUT2D eigenvalue weighted by atomic mass is 19.1. The first-order chi connectivity index (χ1) is 19.2. The summed E-state index contributed by atoms with van der Waals surface area (Å²) in [5.41, 5.74) is 14.7. The minimum Gasteiger partial charge on any atom is -0.402 e. The maximum atomic E-state index is 13.6. The highest BCUT2D eigenvalue weighted by Crippen LogP contribution is 2.36. The van der Waals surface area contributed by atoms with Crippen molar-refractivity contribution in [1.82, 2.24) is 25.1 Å². The quantitative estimate of drug-likeness (QED) is 0.227. The van der Waals surface area contributed by atoms with Crippen molar-refractivity contribution < 1.29 is 9.18 Å². The highest BCUT2D eigenvalue weighted by Gasteiger charge is 2.22. The van der Waals surface area contributed by atoms with Crippen LogP contribution in [0.5, 0.6) is 0 Å². The van der Waals surface area contributed by atoms with Gasteiger partial charge >= 0.3 is 0 Å². The van der Waals surface area contributed by atoms with Gasteiger partial charge in [-0.2, -0.15) is 5.10 Å². The lowest BCUT2D eigenvalue weighted by atomic mass is 9.95. The first-order valence-corrected chi connectivity index (χ1v) is 12.9. The zero-order valence-electron chi connectivity index (χ0n) is 22.3. The van der Waals surface area contributed by atoms with Gasteiger partial charge in [-0.25, -0.2) is 9.37 Å². The van der Waals surface area contributed by atoms with Crippen LogP contribution in [0.15, 0.2) is 78.9 Å². The van der Waals surface area contributed by atoms with Crippen molar-refractivity contribution in [2.24, 2.45) is 11.1 Å². The summed E-state index contributed by atoms with van der Waals surface area (Å²) in [6.45, 7) is 5.59. The molecule has 1 aliphatic carbocycles. The van der Waals surface area contributed by atoms with Crippen LogP contribution in [0.4, 0.5) is 10.1 Å². The van der Waals surface area contributed by atoms with Crippen molar-refractivity contribution in [2.45, 2.75) is 27.2 Å². The van der Waals surface area contributed by atoms with Gasteiger partial charge in [0.05, 0.1) is 23.3 Å². The van der Waals surface area contributed by atoms with Crippen molar-refractivity contribution in [3.05, 3.63) is 102 Å². The molecule has 0 atom stereocenters. The van der Waals surface area contributed by atoms with E-state index < -0.39 is 5.41 Å². The number of carbonyl (C=O) groups excluding carboxylic acids is 1. The Bertz CT molecular complexity index is 1820. The SMILES string of the molecule is CC(C)(C)C(=O)Nc1cncc(-c2cnc3n[nH]c(-c4cc5c([nH]4)CC(N)=CC=C5c4ccc(F)cc4)c3c2)c1. The number of carbonyl (C=O) groups is 1. The number of nitrogens with one attached hydrogen (secondary N) is 3. The van der Waals surface area contributed by atoms with E-state index in [1.54, 1.807) is 30.7 Å². The van der Waals surface area contributed by atoms with Gasteiger partial charge in [-0.1, -0.05) is 39.0 Å². The third-order valence-corrected chi connectivity index (χ3v) is 6.88. The number of allylic oxidation sites excluding steroid dienone is 3. The van der Waals surface area contributed by atoms with Gasteiger partial charge in [-0.15, -0.1) is 0 Å². The molecule has 4 aromatic heterocycles. The monoisotopic (exact) mass is 533 g/mol. The van der Waals surface area contributed by atoms with Gasteiger partial charge in [-0.05, 0) is 47.5 Å². The number of H-pyrrole nitrogens is 2. The van der Waals surface area contributed by atoms with Gasteiger partial charge in [-0.3, -0.25) is 14.9 Å². The fourth-order valence-electron chi connectivity index (χ4n) is 4.68. The Kier molecular flexibility index (Phi) is 6.06. The fraction of sp³-hybridized carbons (Fsp3) is 0.161. The lowest BCUT2D eigenvalue weighted by molar-refractivity contribution is -0.123. The van der Waals surface area contributed by atoms with E-state index in [-0.39, 0.29) is 11.7 Å². The highest BCUT2D eigenvalue weighted by molar-refractivity contribution is 5.96. The summed E-state index contributed by atoms with van der Waals surface area (Å²) in [6, 6.07) is 12.4. The lowest BCUT2D eigenvalue weighted by Gasteiger charge is -2.17. The predicted molar refractivity (Wildman–Crippen MR) is 154 cm³/mol. The number of rotatable bonds is 4. The van der Waals surface area contributed by atoms with Crippen LogP contribution in [0.3, 0.4) is 0 Å². The maximum absolute atomic E-state index is 13.6. The number of fused-ring (bicyclic) bond motifs is 2. The Balaban J connectivity index is 1.39. The summed E-state index contributed by atoms with van der Waals surface area (Å²) in [6.07, 6.45) is 9.51. The number of halogens is 1. The molecular weight excluding hydrogens is 505 g/mol. The molecule has 0 saturated carbocycles. The summed E-state index contributed by atoms with van der Waals surface area (Å²) in [4.78, 5) is 24.9. The Morgan fingerprint density at radius 3 is 2.55 bits per heavy atom. The zero-order valence-corrected chi connectivity index (χ0v) is 22.3. The molecule has 6 rings (SSSR count). The molecule has 0 fully saturated rings. The number of hydrogen-bond acceptors (Lipinski definition) is 5. The standard InChI is InChI=1S/C31H28FN7O/c1-31(2,3)30(40)36-22-10-18(14-34-16-22)19-11-25-28(38-39-29(25)35-15-19)27-13-24-23(17-4-6-20(32)7-5-17)9-8-21(33)12-26(24)37-27/h4-11,13-16,37H,12,33H2,1-3H3,(H,36,40)(H,35,38,39). The topological polar surface area (TPSA) is 125 Å². The first kappa shape index (κ1) is 25.2. The van der Waals surface area contributed by atoms with Crippen molar-refractivity contribution in [3.63, 3.8) is 0 Å². The zero-order chi connectivity index (χ0) is 28.0. The number of benzene rings is 1. The summed E-state index contributed by atoms with van der Waals surface area (Å²) >= 11 is 0. The number of amides is 1. The maximum Gasteiger partial charge on any atom is 0.229 e. The van der Waals surface area contributed by atoms with Crippen LogP contribution in [0.2, 0.25) is 0 Å². The number of aromatic nitrogens is 5. The Labute approximate surface area is 230 Å². The molecule has 0 unspecified atom stereocenters. The van der Waals surface area contributed by atoms with Gasteiger partial charge in [0, 0.05) is 57.7 Å². The van der Waals surface area contributed by atoms with E-state index in [2.05, 4.69) is 36.5 Å². The minimum atomic E-state index is -0.525. The third kappa shape index (κ3) is 4.77. The lowest BCUT2D eigenvalue weighted by Crippen LogP contribution is -2.27. The second-order valence-corrected chi connectivity index (χ2v) is 10.9. The van der Waals surface area contributed by atoms with E-state index in [4.69, 9.17) is 5.73 Å². The molecule has 5 aromatic rings. The molecule has 0 radical (unpaired) electrons. The molecule has 0 saturated heterocycles. The van der Waals surface area contributed by atoms with Crippen LogP contribution < -0.4 is 11.1 Å². The van der Waals surface area contributed by atoms with Gasteiger partial charge in [0.25, 0.3) is 0 Å². The van der Waals surface area contributed by atoms with E-state index in [0.29, 0.717) is 17.8 Å². The summed E-state index contributed by atoms with van der Waals surface area (Å²) in [7, 11) is 0. The van der Waals surface area contributed by atoms with Gasteiger partial charge in [0.1, 0.15) is 5.82 Å². The van der Waals surface area contributed by atoms with Crippen LogP contribution in [-0.2, 0) is 11.2 Å². The molecule has 200 valence electrons. The van der Waals surface area contributed by atoms with Crippen molar-refractivity contribution in [2.75, 3.05) is 5.32 Å². The molecule has 0 bridgehead atoms. The third-order valence-electron chi connectivity index (χ3n) is 6.88. The number of hydrogen-bond donors (Lipinski definition) is 4. The fourth-order valence-corrected chi connectivity index (χ4v) is 4.68. The van der Waals surface area contributed by atoms with Crippen LogP contribution in [0, 0.1) is 11.2 Å². The van der Waals surface area contributed by atoms with E-state index >= 15 is 0 Å². The van der Waals surface area contributed by atoms with Crippen molar-refractivity contribution in [1.29, 1.82) is 0 Å². The van der Waals surface area contributed by atoms with Crippen LogP contribution >= 0.6 is 0 Å². The molecule has 1 aliphatic rings. The Morgan fingerprint density at radius 1 is 1.00 bits per heavy atom. The van der Waals surface area contributed by atoms with Crippen LogP contribution in [0.1, 0.15) is 37.6 Å².